The van der Waals surface area contributed by atoms with Crippen molar-refractivity contribution in [1.82, 2.24) is 5.43 Å². The van der Waals surface area contributed by atoms with Crippen LogP contribution in [0.4, 0.5) is 18.9 Å². The zero-order chi connectivity index (χ0) is 17.6. The Kier molecular flexibility index (Phi) is 5.39. The molecule has 0 bridgehead atoms. The van der Waals surface area contributed by atoms with Crippen LogP contribution < -0.4 is 15.6 Å². The van der Waals surface area contributed by atoms with E-state index in [2.05, 4.69) is 15.6 Å². The Labute approximate surface area is 137 Å². The summed E-state index contributed by atoms with van der Waals surface area (Å²) in [7, 11) is 0. The van der Waals surface area contributed by atoms with Gasteiger partial charge in [-0.1, -0.05) is 30.3 Å². The third-order valence-electron chi connectivity index (χ3n) is 2.90. The topological polar surface area (TPSA) is 74.2 Å². The van der Waals surface area contributed by atoms with Crippen molar-refractivity contribution in [3.05, 3.63) is 60.2 Å². The second-order valence-corrected chi connectivity index (χ2v) is 4.61. The van der Waals surface area contributed by atoms with Gasteiger partial charge >= 0.3 is 6.36 Å². The minimum atomic E-state index is -4.94. The van der Waals surface area contributed by atoms with Gasteiger partial charge in [-0.25, -0.2) is 5.43 Å². The van der Waals surface area contributed by atoms with Crippen molar-refractivity contribution < 1.29 is 24.1 Å². The lowest BCUT2D eigenvalue weighted by Crippen LogP contribution is -2.39. The molecular formula is C16H14F3N3O2. The fourth-order valence-corrected chi connectivity index (χ4v) is 1.87. The van der Waals surface area contributed by atoms with Crippen LogP contribution in [0.25, 0.3) is 0 Å². The maximum absolute atomic E-state index is 12.4. The molecule has 0 spiro atoms. The Morgan fingerprint density at radius 1 is 1.12 bits per heavy atom. The number of Topliss-reactive ketones (excluding diaryl/α,β-unsaturated/α-hetero) is 1. The average Bonchev–Trinajstić information content (AvgIpc) is 2.55. The summed E-state index contributed by atoms with van der Waals surface area (Å²) < 4.78 is 41.1. The highest BCUT2D eigenvalue weighted by molar-refractivity contribution is 6.04. The van der Waals surface area contributed by atoms with Crippen LogP contribution in [0.2, 0.25) is 0 Å². The normalized spacial score (nSPS) is 12.1. The molecule has 0 saturated heterocycles. The number of carbonyl (C=O) groups excluding carboxylic acids is 1. The summed E-state index contributed by atoms with van der Waals surface area (Å²) in [6.45, 7) is 0. The Morgan fingerprint density at radius 3 is 2.38 bits per heavy atom. The van der Waals surface area contributed by atoms with Gasteiger partial charge < -0.3 is 10.2 Å². The summed E-state index contributed by atoms with van der Waals surface area (Å²) in [5.41, 5.74) is 5.38. The first-order chi connectivity index (χ1) is 11.4. The quantitative estimate of drug-likeness (QED) is 0.623. The summed E-state index contributed by atoms with van der Waals surface area (Å²) in [5, 5.41) is 9.12. The van der Waals surface area contributed by atoms with Crippen molar-refractivity contribution in [3.8, 4) is 11.8 Å². The molecule has 0 aromatic heterocycles. The number of ketones is 1. The lowest BCUT2D eigenvalue weighted by molar-refractivity contribution is -0.274. The van der Waals surface area contributed by atoms with Crippen LogP contribution in [-0.2, 0) is 0 Å². The van der Waals surface area contributed by atoms with Crippen LogP contribution in [0, 0.1) is 11.3 Å². The predicted molar refractivity (Wildman–Crippen MR) is 82.2 cm³/mol. The summed E-state index contributed by atoms with van der Waals surface area (Å²) in [6, 6.07) is 13.8. The fraction of sp³-hybridized carbons (Fsp3) is 0.125. The van der Waals surface area contributed by atoms with Gasteiger partial charge in [-0.2, -0.15) is 5.26 Å². The van der Waals surface area contributed by atoms with Gasteiger partial charge in [0.05, 0.1) is 11.6 Å². The molecule has 126 valence electrons. The van der Waals surface area contributed by atoms with Gasteiger partial charge in [0.1, 0.15) is 5.75 Å². The van der Waals surface area contributed by atoms with Crippen LogP contribution in [-0.4, -0.2) is 18.2 Å². The number of para-hydroxylation sites is 2. The van der Waals surface area contributed by atoms with E-state index in [4.69, 9.17) is 5.26 Å². The molecule has 24 heavy (non-hydrogen) atoms. The van der Waals surface area contributed by atoms with Crippen molar-refractivity contribution in [2.24, 2.45) is 0 Å². The molecule has 0 fully saturated rings. The van der Waals surface area contributed by atoms with Gasteiger partial charge in [0, 0.05) is 7.11 Å². The number of ether oxygens (including phenoxy) is 1. The number of nitriles is 1. The third kappa shape index (κ3) is 4.72. The first-order valence-electron chi connectivity index (χ1n) is 6.76. The third-order valence-corrected chi connectivity index (χ3v) is 2.90. The van der Waals surface area contributed by atoms with E-state index in [9.17, 15) is 18.0 Å². The van der Waals surface area contributed by atoms with Gasteiger partial charge in [0.25, 0.3) is 0 Å². The standard InChI is InChI=1S/C16H12F3N3O2.H2/c17-16(18,19)24-14-9-5-4-8-12(14)15(23)13(10-20)22-21-11-6-2-1-3-7-11;/h1-9,13,21-22H;1H. The highest BCUT2D eigenvalue weighted by atomic mass is 19.4. The molecule has 0 amide bonds. The van der Waals surface area contributed by atoms with Crippen LogP contribution in [0.1, 0.15) is 11.8 Å². The molecule has 1 atom stereocenters. The molecule has 2 aromatic carbocycles. The molecular weight excluding hydrogens is 323 g/mol. The molecule has 0 radical (unpaired) electrons. The predicted octanol–water partition coefficient (Wildman–Crippen LogP) is 3.52. The molecule has 8 heteroatoms. The number of halogens is 3. The van der Waals surface area contributed by atoms with Crippen LogP contribution >= 0.6 is 0 Å². The smallest absolute Gasteiger partial charge is 0.405 e. The second-order valence-electron chi connectivity index (χ2n) is 4.61. The number of nitrogens with one attached hydrogen (secondary N) is 2. The van der Waals surface area contributed by atoms with E-state index in [1.165, 1.54) is 12.1 Å². The summed E-state index contributed by atoms with van der Waals surface area (Å²) >= 11 is 0. The second kappa shape index (κ2) is 7.48. The number of anilines is 1. The monoisotopic (exact) mass is 337 g/mol. The molecule has 0 aliphatic carbocycles. The van der Waals surface area contributed by atoms with Crippen molar-refractivity contribution in [3.63, 3.8) is 0 Å². The Morgan fingerprint density at radius 2 is 1.75 bits per heavy atom. The van der Waals surface area contributed by atoms with Gasteiger partial charge in [0.2, 0.25) is 0 Å². The number of carbonyl (C=O) groups is 1. The van der Waals surface area contributed by atoms with E-state index in [-0.39, 0.29) is 6.99 Å². The van der Waals surface area contributed by atoms with Crippen LogP contribution in [0.15, 0.2) is 54.6 Å². The molecule has 2 aromatic rings. The zero-order valence-electron chi connectivity index (χ0n) is 12.2. The highest BCUT2D eigenvalue weighted by Gasteiger charge is 2.33. The molecule has 2 N–H and O–H groups in total. The Bertz CT molecular complexity index is 748. The van der Waals surface area contributed by atoms with Crippen molar-refractivity contribution >= 4 is 11.5 Å². The maximum Gasteiger partial charge on any atom is 0.573 e. The van der Waals surface area contributed by atoms with Gasteiger partial charge in [-0.05, 0) is 24.3 Å². The number of hydrazine groups is 1. The first kappa shape index (κ1) is 17.3. The number of hydrogen-bond donors (Lipinski definition) is 2. The molecule has 0 aliphatic heterocycles. The SMILES string of the molecule is N#CC(NNc1ccccc1)C(=O)c1ccccc1OC(F)(F)F.[HH]. The molecule has 0 saturated carbocycles. The first-order valence-corrected chi connectivity index (χ1v) is 6.76. The highest BCUT2D eigenvalue weighted by Crippen LogP contribution is 2.27. The molecule has 2 rings (SSSR count). The maximum atomic E-state index is 12.4. The number of rotatable bonds is 6. The van der Waals surface area contributed by atoms with Crippen LogP contribution in [0.3, 0.4) is 0 Å². The zero-order valence-corrected chi connectivity index (χ0v) is 12.2. The van der Waals surface area contributed by atoms with Gasteiger partial charge in [-0.15, -0.1) is 13.2 Å². The Hall–Kier alpha value is -3.05. The molecule has 1 unspecified atom stereocenters. The summed E-state index contributed by atoms with van der Waals surface area (Å²) in [4.78, 5) is 12.3. The van der Waals surface area contributed by atoms with Crippen molar-refractivity contribution in [2.75, 3.05) is 5.43 Å². The number of nitrogens with zero attached hydrogens (tertiary/aromatic N) is 1. The van der Waals surface area contributed by atoms with Crippen molar-refractivity contribution in [1.29, 1.82) is 5.26 Å². The number of alkyl halides is 3. The van der Waals surface area contributed by atoms with E-state index >= 15 is 0 Å². The molecule has 5 nitrogen and oxygen atoms in total. The van der Waals surface area contributed by atoms with E-state index in [0.717, 1.165) is 12.1 Å². The molecule has 0 heterocycles. The van der Waals surface area contributed by atoms with E-state index in [0.29, 0.717) is 5.69 Å². The number of benzene rings is 2. The minimum Gasteiger partial charge on any atom is -0.405 e. The lowest BCUT2D eigenvalue weighted by atomic mass is 10.0. The number of hydrogen-bond acceptors (Lipinski definition) is 5. The average molecular weight is 337 g/mol. The summed E-state index contributed by atoms with van der Waals surface area (Å²) in [6.07, 6.45) is -4.94. The van der Waals surface area contributed by atoms with Crippen molar-refractivity contribution in [2.45, 2.75) is 12.4 Å². The van der Waals surface area contributed by atoms with E-state index in [1.807, 2.05) is 0 Å². The Balaban J connectivity index is 0.00000312. The van der Waals surface area contributed by atoms with Gasteiger partial charge in [-0.3, -0.25) is 4.79 Å². The van der Waals surface area contributed by atoms with E-state index in [1.54, 1.807) is 36.4 Å². The largest absolute Gasteiger partial charge is 0.573 e. The van der Waals surface area contributed by atoms with Crippen LogP contribution in [0.5, 0.6) is 5.75 Å². The fourth-order valence-electron chi connectivity index (χ4n) is 1.87. The minimum absolute atomic E-state index is 0. The summed E-state index contributed by atoms with van der Waals surface area (Å²) in [5.74, 6) is -1.50. The van der Waals surface area contributed by atoms with Gasteiger partial charge in [0.15, 0.2) is 11.8 Å². The van der Waals surface area contributed by atoms with E-state index < -0.39 is 23.9 Å². The molecule has 0 aliphatic rings. The lowest BCUT2D eigenvalue weighted by Gasteiger charge is -2.16.